The molecule has 4 aromatic rings. The van der Waals surface area contributed by atoms with Crippen molar-refractivity contribution < 1.29 is 13.9 Å². The highest BCUT2D eigenvalue weighted by Gasteiger charge is 2.21. The summed E-state index contributed by atoms with van der Waals surface area (Å²) in [6, 6.07) is 22.7. The number of methoxy groups -OCH3 is 1. The molecule has 0 aliphatic carbocycles. The summed E-state index contributed by atoms with van der Waals surface area (Å²) in [6.07, 6.45) is 7.07. The van der Waals surface area contributed by atoms with Crippen LogP contribution >= 0.6 is 0 Å². The van der Waals surface area contributed by atoms with Gasteiger partial charge in [0.05, 0.1) is 19.4 Å². The number of ether oxygens (including phenoxy) is 2. The maximum Gasteiger partial charge on any atom is 0.161 e. The van der Waals surface area contributed by atoms with Gasteiger partial charge in [-0.15, -0.1) is 0 Å². The van der Waals surface area contributed by atoms with Crippen LogP contribution in [0.15, 0.2) is 83.5 Å². The first-order valence-electron chi connectivity index (χ1n) is 10.6. The first-order valence-corrected chi connectivity index (χ1v) is 10.6. The molecule has 1 unspecified atom stereocenters. The van der Waals surface area contributed by atoms with Crippen LogP contribution in [0.5, 0.6) is 11.5 Å². The Morgan fingerprint density at radius 3 is 2.81 bits per heavy atom. The molecule has 1 N–H and O–H groups in total. The summed E-state index contributed by atoms with van der Waals surface area (Å²) in [6.45, 7) is 1.44. The molecule has 0 bridgehead atoms. The summed E-state index contributed by atoms with van der Waals surface area (Å²) < 4.78 is 17.3. The molecule has 0 saturated carbocycles. The lowest BCUT2D eigenvalue weighted by atomic mass is 9.92. The van der Waals surface area contributed by atoms with Gasteiger partial charge in [-0.1, -0.05) is 54.6 Å². The third kappa shape index (κ3) is 4.07. The maximum absolute atomic E-state index is 6.11. The van der Waals surface area contributed by atoms with Crippen molar-refractivity contribution in [3.8, 4) is 11.5 Å². The molecule has 5 rings (SSSR count). The van der Waals surface area contributed by atoms with Gasteiger partial charge in [-0.3, -0.25) is 0 Å². The monoisotopic (exact) mass is 411 g/mol. The predicted molar refractivity (Wildman–Crippen MR) is 123 cm³/mol. The zero-order valence-electron chi connectivity index (χ0n) is 17.5. The lowest BCUT2D eigenvalue weighted by Crippen LogP contribution is -2.28. The number of furan rings is 1. The van der Waals surface area contributed by atoms with E-state index in [1.165, 1.54) is 11.1 Å². The molecule has 2 heterocycles. The molecule has 0 fully saturated rings. The van der Waals surface area contributed by atoms with Gasteiger partial charge in [-0.2, -0.15) is 0 Å². The SMILES string of the molecule is COc1cc2c(cc1OCc1ccccc1)CCNC2/C=C/c1cccc2occc12. The Hall–Kier alpha value is -3.50. The fourth-order valence-electron chi connectivity index (χ4n) is 4.14. The Kier molecular flexibility index (Phi) is 5.46. The number of benzene rings is 3. The smallest absolute Gasteiger partial charge is 0.161 e. The van der Waals surface area contributed by atoms with Gasteiger partial charge in [0.2, 0.25) is 0 Å². The molecule has 4 nitrogen and oxygen atoms in total. The van der Waals surface area contributed by atoms with Crippen LogP contribution in [0.4, 0.5) is 0 Å². The minimum Gasteiger partial charge on any atom is -0.493 e. The molecule has 156 valence electrons. The number of nitrogens with one attached hydrogen (secondary N) is 1. The highest BCUT2D eigenvalue weighted by Crippen LogP contribution is 2.36. The fraction of sp³-hybridized carbons (Fsp3) is 0.185. The summed E-state index contributed by atoms with van der Waals surface area (Å²) in [7, 11) is 1.69. The maximum atomic E-state index is 6.11. The van der Waals surface area contributed by atoms with Crippen LogP contribution < -0.4 is 14.8 Å². The minimum absolute atomic E-state index is 0.114. The van der Waals surface area contributed by atoms with E-state index in [1.54, 1.807) is 13.4 Å². The van der Waals surface area contributed by atoms with E-state index in [4.69, 9.17) is 13.9 Å². The Labute approximate surface area is 182 Å². The van der Waals surface area contributed by atoms with Crippen molar-refractivity contribution in [3.05, 3.63) is 101 Å². The largest absolute Gasteiger partial charge is 0.493 e. The quantitative estimate of drug-likeness (QED) is 0.428. The predicted octanol–water partition coefficient (Wildman–Crippen LogP) is 5.92. The molecule has 31 heavy (non-hydrogen) atoms. The third-order valence-corrected chi connectivity index (χ3v) is 5.75. The summed E-state index contributed by atoms with van der Waals surface area (Å²) >= 11 is 0. The number of hydrogen-bond acceptors (Lipinski definition) is 4. The van der Waals surface area contributed by atoms with Crippen LogP contribution in [0, 0.1) is 0 Å². The molecular formula is C27H25NO3. The molecule has 4 heteroatoms. The van der Waals surface area contributed by atoms with Crippen molar-refractivity contribution in [2.45, 2.75) is 19.1 Å². The number of hydrogen-bond donors (Lipinski definition) is 1. The summed E-state index contributed by atoms with van der Waals surface area (Å²) in [5.41, 5.74) is 5.71. The molecule has 0 radical (unpaired) electrons. The Morgan fingerprint density at radius 1 is 1.03 bits per heavy atom. The van der Waals surface area contributed by atoms with Crippen molar-refractivity contribution in [2.24, 2.45) is 0 Å². The molecule has 0 spiro atoms. The number of rotatable bonds is 6. The zero-order chi connectivity index (χ0) is 21.0. The van der Waals surface area contributed by atoms with Gasteiger partial charge in [-0.25, -0.2) is 0 Å². The highest BCUT2D eigenvalue weighted by atomic mass is 16.5. The van der Waals surface area contributed by atoms with E-state index in [0.717, 1.165) is 46.6 Å². The second-order valence-corrected chi connectivity index (χ2v) is 7.70. The van der Waals surface area contributed by atoms with Crippen LogP contribution in [0.2, 0.25) is 0 Å². The van der Waals surface area contributed by atoms with E-state index < -0.39 is 0 Å². The molecule has 3 aromatic carbocycles. The van der Waals surface area contributed by atoms with Crippen LogP contribution in [0.1, 0.15) is 28.3 Å². The molecule has 1 atom stereocenters. The van der Waals surface area contributed by atoms with Crippen molar-refractivity contribution in [2.75, 3.05) is 13.7 Å². The number of fused-ring (bicyclic) bond motifs is 2. The first-order chi connectivity index (χ1) is 15.3. The summed E-state index contributed by atoms with van der Waals surface area (Å²) in [5, 5.41) is 4.73. The van der Waals surface area contributed by atoms with Crippen molar-refractivity contribution in [1.82, 2.24) is 5.32 Å². The molecule has 1 aliphatic heterocycles. The molecule has 1 aromatic heterocycles. The summed E-state index contributed by atoms with van der Waals surface area (Å²) in [5.74, 6) is 1.55. The van der Waals surface area contributed by atoms with Gasteiger partial charge >= 0.3 is 0 Å². The van der Waals surface area contributed by atoms with Gasteiger partial charge in [0.15, 0.2) is 11.5 Å². The van der Waals surface area contributed by atoms with E-state index in [-0.39, 0.29) is 6.04 Å². The van der Waals surface area contributed by atoms with E-state index in [9.17, 15) is 0 Å². The van der Waals surface area contributed by atoms with Crippen molar-refractivity contribution in [1.29, 1.82) is 0 Å². The average molecular weight is 412 g/mol. The lowest BCUT2D eigenvalue weighted by molar-refractivity contribution is 0.283. The topological polar surface area (TPSA) is 43.6 Å². The Balaban J connectivity index is 1.41. The normalized spacial score (nSPS) is 15.8. The second kappa shape index (κ2) is 8.70. The van der Waals surface area contributed by atoms with Gasteiger partial charge in [0, 0.05) is 11.9 Å². The van der Waals surface area contributed by atoms with Gasteiger partial charge in [0.25, 0.3) is 0 Å². The van der Waals surface area contributed by atoms with Crippen LogP contribution in [0.25, 0.3) is 17.0 Å². The zero-order valence-corrected chi connectivity index (χ0v) is 17.5. The summed E-state index contributed by atoms with van der Waals surface area (Å²) in [4.78, 5) is 0. The molecule has 1 aliphatic rings. The molecule has 0 amide bonds. The van der Waals surface area contributed by atoms with Gasteiger partial charge in [-0.05, 0) is 52.9 Å². The fourth-order valence-corrected chi connectivity index (χ4v) is 4.14. The second-order valence-electron chi connectivity index (χ2n) is 7.70. The van der Waals surface area contributed by atoms with E-state index in [0.29, 0.717) is 6.61 Å². The highest BCUT2D eigenvalue weighted by molar-refractivity contribution is 5.87. The lowest BCUT2D eigenvalue weighted by Gasteiger charge is -2.26. The van der Waals surface area contributed by atoms with Gasteiger partial charge < -0.3 is 19.2 Å². The Bertz CT molecular complexity index is 1210. The van der Waals surface area contributed by atoms with E-state index in [1.807, 2.05) is 36.4 Å². The molecule has 0 saturated heterocycles. The average Bonchev–Trinajstić information content (AvgIpc) is 3.31. The Morgan fingerprint density at radius 2 is 1.94 bits per heavy atom. The third-order valence-electron chi connectivity index (χ3n) is 5.75. The van der Waals surface area contributed by atoms with Gasteiger partial charge in [0.1, 0.15) is 12.2 Å². The van der Waals surface area contributed by atoms with Crippen LogP contribution in [-0.4, -0.2) is 13.7 Å². The van der Waals surface area contributed by atoms with Crippen LogP contribution in [-0.2, 0) is 13.0 Å². The van der Waals surface area contributed by atoms with Crippen molar-refractivity contribution >= 4 is 17.0 Å². The minimum atomic E-state index is 0.114. The standard InChI is InChI=1S/C27H25NO3/c1-29-26-17-23-21(16-27(26)31-18-19-6-3-2-4-7-19)12-14-28-24(23)11-10-20-8-5-9-25-22(20)13-15-30-25/h2-11,13,15-17,24,28H,12,14,18H2,1H3/b11-10+. The van der Waals surface area contributed by atoms with E-state index >= 15 is 0 Å². The first kappa shape index (κ1) is 19.5. The molecular weight excluding hydrogens is 386 g/mol. The van der Waals surface area contributed by atoms with Crippen molar-refractivity contribution in [3.63, 3.8) is 0 Å². The van der Waals surface area contributed by atoms with E-state index in [2.05, 4.69) is 47.8 Å². The van der Waals surface area contributed by atoms with Crippen LogP contribution in [0.3, 0.4) is 0 Å².